The first kappa shape index (κ1) is 19.0. The van der Waals surface area contributed by atoms with Crippen molar-refractivity contribution in [1.29, 1.82) is 0 Å². The highest BCUT2D eigenvalue weighted by Crippen LogP contribution is 2.23. The normalized spacial score (nSPS) is 19.4. The van der Waals surface area contributed by atoms with Crippen LogP contribution in [0.1, 0.15) is 24.8 Å². The van der Waals surface area contributed by atoms with Gasteiger partial charge in [-0.05, 0) is 30.9 Å². The first-order chi connectivity index (χ1) is 12.9. The third-order valence-corrected chi connectivity index (χ3v) is 5.18. The number of hydrogen-bond donors (Lipinski definition) is 2. The fraction of sp³-hybridized carbons (Fsp3) is 0.650. The van der Waals surface area contributed by atoms with Crippen molar-refractivity contribution in [2.45, 2.75) is 25.8 Å². The van der Waals surface area contributed by atoms with Crippen LogP contribution in [0.2, 0.25) is 0 Å². The van der Waals surface area contributed by atoms with Crippen LogP contribution in [0.5, 0.6) is 0 Å². The molecule has 2 saturated heterocycles. The monoisotopic (exact) mass is 359 g/mol. The van der Waals surface area contributed by atoms with Crippen LogP contribution >= 0.6 is 0 Å². The fourth-order valence-corrected chi connectivity index (χ4v) is 3.66. The van der Waals surface area contributed by atoms with Crippen molar-refractivity contribution >= 4 is 11.6 Å². The average Bonchev–Trinajstić information content (AvgIpc) is 2.72. The summed E-state index contributed by atoms with van der Waals surface area (Å²) in [5.41, 5.74) is 2.70. The summed E-state index contributed by atoms with van der Waals surface area (Å²) in [6.45, 7) is 8.80. The van der Waals surface area contributed by atoms with Gasteiger partial charge in [0.25, 0.3) is 0 Å². The van der Waals surface area contributed by atoms with E-state index >= 15 is 0 Å². The first-order valence-corrected chi connectivity index (χ1v) is 9.94. The predicted octanol–water partition coefficient (Wildman–Crippen LogP) is 1.67. The second-order valence-electron chi connectivity index (χ2n) is 6.98. The minimum absolute atomic E-state index is 0.796. The summed E-state index contributed by atoms with van der Waals surface area (Å²) in [5, 5.41) is 6.90. The summed E-state index contributed by atoms with van der Waals surface area (Å²) >= 11 is 0. The minimum Gasteiger partial charge on any atom is -0.379 e. The molecule has 2 fully saturated rings. The van der Waals surface area contributed by atoms with Crippen LogP contribution in [0.15, 0.2) is 29.3 Å². The van der Waals surface area contributed by atoms with Crippen LogP contribution in [0, 0.1) is 0 Å². The number of anilines is 1. The lowest BCUT2D eigenvalue weighted by molar-refractivity contribution is 0.0389. The minimum atomic E-state index is 0.796. The van der Waals surface area contributed by atoms with Crippen molar-refractivity contribution in [2.24, 2.45) is 4.99 Å². The maximum absolute atomic E-state index is 5.39. The first-order valence-electron chi connectivity index (χ1n) is 9.94. The number of morpholine rings is 1. The predicted molar refractivity (Wildman–Crippen MR) is 108 cm³/mol. The highest BCUT2D eigenvalue weighted by atomic mass is 16.5. The van der Waals surface area contributed by atoms with E-state index in [1.54, 1.807) is 0 Å². The lowest BCUT2D eigenvalue weighted by Gasteiger charge is -2.31. The summed E-state index contributed by atoms with van der Waals surface area (Å²) < 4.78 is 5.39. The number of aliphatic imine (C=N–C) groups is 1. The molecule has 2 N–H and O–H groups in total. The Morgan fingerprint density at radius 2 is 1.81 bits per heavy atom. The van der Waals surface area contributed by atoms with E-state index < -0.39 is 0 Å². The Kier molecular flexibility index (Phi) is 7.58. The van der Waals surface area contributed by atoms with Crippen molar-refractivity contribution in [3.63, 3.8) is 0 Å². The maximum atomic E-state index is 5.39. The summed E-state index contributed by atoms with van der Waals surface area (Å²) in [5.74, 6) is 0.867. The van der Waals surface area contributed by atoms with Gasteiger partial charge in [-0.15, -0.1) is 0 Å². The Morgan fingerprint density at radius 1 is 1.04 bits per heavy atom. The smallest absolute Gasteiger partial charge is 0.191 e. The molecule has 0 radical (unpaired) electrons. The van der Waals surface area contributed by atoms with Gasteiger partial charge in [0.1, 0.15) is 0 Å². The molecule has 2 heterocycles. The topological polar surface area (TPSA) is 52.1 Å². The molecule has 144 valence electrons. The van der Waals surface area contributed by atoms with Crippen molar-refractivity contribution < 1.29 is 4.74 Å². The molecule has 6 heteroatoms. The van der Waals surface area contributed by atoms with Gasteiger partial charge < -0.3 is 20.3 Å². The third kappa shape index (κ3) is 5.61. The van der Waals surface area contributed by atoms with Crippen molar-refractivity contribution in [2.75, 3.05) is 64.4 Å². The molecule has 0 atom stereocenters. The third-order valence-electron chi connectivity index (χ3n) is 5.18. The van der Waals surface area contributed by atoms with Gasteiger partial charge >= 0.3 is 0 Å². The molecule has 1 aromatic rings. The largest absolute Gasteiger partial charge is 0.379 e. The number of ether oxygens (including phenoxy) is 1. The molecule has 0 aromatic heterocycles. The van der Waals surface area contributed by atoms with E-state index in [1.807, 2.05) is 7.05 Å². The van der Waals surface area contributed by atoms with Crippen LogP contribution in [-0.4, -0.2) is 70.4 Å². The van der Waals surface area contributed by atoms with E-state index in [1.165, 1.54) is 43.6 Å². The molecule has 0 aliphatic carbocycles. The molecule has 0 spiro atoms. The van der Waals surface area contributed by atoms with Crippen LogP contribution in [0.25, 0.3) is 0 Å². The highest BCUT2D eigenvalue weighted by molar-refractivity contribution is 5.79. The zero-order valence-electron chi connectivity index (χ0n) is 16.0. The van der Waals surface area contributed by atoms with Gasteiger partial charge in [0.05, 0.1) is 13.2 Å². The summed E-state index contributed by atoms with van der Waals surface area (Å²) in [7, 11) is 1.83. The molecule has 0 unspecified atom stereocenters. The van der Waals surface area contributed by atoms with E-state index in [9.17, 15) is 0 Å². The van der Waals surface area contributed by atoms with Crippen LogP contribution in [0.4, 0.5) is 5.69 Å². The van der Waals surface area contributed by atoms with Gasteiger partial charge in [-0.1, -0.05) is 18.2 Å². The molecule has 3 rings (SSSR count). The molecule has 0 amide bonds. The Morgan fingerprint density at radius 3 is 2.58 bits per heavy atom. The molecule has 2 aliphatic rings. The van der Waals surface area contributed by atoms with E-state index in [0.29, 0.717) is 0 Å². The number of nitrogens with zero attached hydrogens (tertiary/aromatic N) is 3. The van der Waals surface area contributed by atoms with Crippen LogP contribution < -0.4 is 15.5 Å². The number of nitrogens with one attached hydrogen (secondary N) is 2. The number of para-hydroxylation sites is 1. The zero-order chi connectivity index (χ0) is 18.0. The summed E-state index contributed by atoms with van der Waals surface area (Å²) in [6.07, 6.45) is 3.95. The molecule has 6 nitrogen and oxygen atoms in total. The number of hydrogen-bond acceptors (Lipinski definition) is 4. The molecular weight excluding hydrogens is 326 g/mol. The van der Waals surface area contributed by atoms with Gasteiger partial charge in [0, 0.05) is 58.5 Å². The highest BCUT2D eigenvalue weighted by Gasteiger charge is 2.14. The summed E-state index contributed by atoms with van der Waals surface area (Å²) in [6, 6.07) is 8.73. The molecule has 0 bridgehead atoms. The Labute approximate surface area is 157 Å². The van der Waals surface area contributed by atoms with Gasteiger partial charge in [-0.3, -0.25) is 9.89 Å². The van der Waals surface area contributed by atoms with Gasteiger partial charge in [0.15, 0.2) is 5.96 Å². The van der Waals surface area contributed by atoms with Crippen molar-refractivity contribution in [3.8, 4) is 0 Å². The van der Waals surface area contributed by atoms with Gasteiger partial charge in [-0.2, -0.15) is 0 Å². The lowest BCUT2D eigenvalue weighted by Crippen LogP contribution is -2.44. The quantitative estimate of drug-likeness (QED) is 0.598. The Balaban J connectivity index is 1.47. The Bertz CT molecular complexity index is 565. The number of guanidine groups is 1. The van der Waals surface area contributed by atoms with Crippen LogP contribution in [0.3, 0.4) is 0 Å². The Hall–Kier alpha value is -1.79. The standard InChI is InChI=1S/C20H33N5O/c1-21-20(22-9-12-24-13-15-26-16-14-24)23-17-18-7-3-4-8-19(18)25-10-5-2-6-11-25/h3-4,7-8H,2,5-6,9-17H2,1H3,(H2,21,22,23). The van der Waals surface area contributed by atoms with Gasteiger partial charge in [-0.25, -0.2) is 0 Å². The summed E-state index contributed by atoms with van der Waals surface area (Å²) in [4.78, 5) is 9.31. The average molecular weight is 360 g/mol. The van der Waals surface area contributed by atoms with E-state index in [2.05, 4.69) is 49.7 Å². The van der Waals surface area contributed by atoms with Crippen LogP contribution in [-0.2, 0) is 11.3 Å². The SMILES string of the molecule is CN=C(NCCN1CCOCC1)NCc1ccccc1N1CCCCC1. The number of benzene rings is 1. The second kappa shape index (κ2) is 10.4. The lowest BCUT2D eigenvalue weighted by atomic mass is 10.1. The van der Waals surface area contributed by atoms with Gasteiger partial charge in [0.2, 0.25) is 0 Å². The van der Waals surface area contributed by atoms with Crippen molar-refractivity contribution in [1.82, 2.24) is 15.5 Å². The molecule has 2 aliphatic heterocycles. The number of rotatable bonds is 6. The van der Waals surface area contributed by atoms with E-state index in [0.717, 1.165) is 51.9 Å². The van der Waals surface area contributed by atoms with E-state index in [4.69, 9.17) is 4.74 Å². The fourth-order valence-electron chi connectivity index (χ4n) is 3.66. The molecule has 26 heavy (non-hydrogen) atoms. The number of piperidine rings is 1. The second-order valence-corrected chi connectivity index (χ2v) is 6.98. The zero-order valence-corrected chi connectivity index (χ0v) is 16.0. The molecule has 0 saturated carbocycles. The van der Waals surface area contributed by atoms with E-state index in [-0.39, 0.29) is 0 Å². The molecular formula is C20H33N5O. The molecule has 1 aromatic carbocycles. The maximum Gasteiger partial charge on any atom is 0.191 e. The van der Waals surface area contributed by atoms with Crippen molar-refractivity contribution in [3.05, 3.63) is 29.8 Å².